The molecule has 5 rings (SSSR count). The molecule has 6 heteroatoms. The van der Waals surface area contributed by atoms with E-state index < -0.39 is 0 Å². The molecular formula is C22H27N3O3. The van der Waals surface area contributed by atoms with Gasteiger partial charge in [-0.1, -0.05) is 36.2 Å². The van der Waals surface area contributed by atoms with Crippen LogP contribution >= 0.6 is 0 Å². The Balaban J connectivity index is 1.28. The van der Waals surface area contributed by atoms with E-state index in [1.165, 1.54) is 12.8 Å². The Bertz CT molecular complexity index is 815. The lowest BCUT2D eigenvalue weighted by molar-refractivity contribution is -0.128. The second kappa shape index (κ2) is 7.57. The smallest absolute Gasteiger partial charge is 0.230 e. The highest BCUT2D eigenvalue weighted by Gasteiger charge is 2.53. The van der Waals surface area contributed by atoms with Gasteiger partial charge in [-0.15, -0.1) is 0 Å². The van der Waals surface area contributed by atoms with E-state index in [9.17, 15) is 4.79 Å². The van der Waals surface area contributed by atoms with Gasteiger partial charge < -0.3 is 14.6 Å². The summed E-state index contributed by atoms with van der Waals surface area (Å²) < 4.78 is 11.3. The first-order valence-electron chi connectivity index (χ1n) is 10.6. The average molecular weight is 381 g/mol. The van der Waals surface area contributed by atoms with E-state index in [-0.39, 0.29) is 24.3 Å². The van der Waals surface area contributed by atoms with Crippen molar-refractivity contribution in [3.05, 3.63) is 42.0 Å². The van der Waals surface area contributed by atoms with E-state index in [0.717, 1.165) is 37.9 Å². The van der Waals surface area contributed by atoms with Crippen LogP contribution in [0.3, 0.4) is 0 Å². The molecule has 1 N–H and O–H groups in total. The lowest BCUT2D eigenvalue weighted by atomic mass is 9.78. The first-order valence-corrected chi connectivity index (χ1v) is 10.6. The number of carbonyl (C=O) groups is 1. The first-order chi connectivity index (χ1) is 13.8. The molecule has 1 aromatic carbocycles. The second-order valence-corrected chi connectivity index (χ2v) is 8.53. The van der Waals surface area contributed by atoms with Crippen LogP contribution in [0.25, 0.3) is 0 Å². The van der Waals surface area contributed by atoms with Gasteiger partial charge in [0.25, 0.3) is 0 Å². The maximum atomic E-state index is 13.1. The highest BCUT2D eigenvalue weighted by Crippen LogP contribution is 2.56. The molecule has 28 heavy (non-hydrogen) atoms. The van der Waals surface area contributed by atoms with Crippen molar-refractivity contribution < 1.29 is 14.1 Å². The summed E-state index contributed by atoms with van der Waals surface area (Å²) in [6, 6.07) is 9.97. The number of ether oxygens (including phenoxy) is 1. The third-order valence-electron chi connectivity index (χ3n) is 6.80. The molecule has 1 amide bonds. The summed E-state index contributed by atoms with van der Waals surface area (Å²) in [7, 11) is 0. The molecule has 3 aliphatic rings. The molecule has 1 aromatic heterocycles. The zero-order valence-corrected chi connectivity index (χ0v) is 16.0. The van der Waals surface area contributed by atoms with Crippen LogP contribution in [0.4, 0.5) is 0 Å². The zero-order chi connectivity index (χ0) is 18.9. The highest BCUT2D eigenvalue weighted by atomic mass is 16.5. The number of nitrogens with zero attached hydrogens (tertiary/aromatic N) is 2. The van der Waals surface area contributed by atoms with Gasteiger partial charge in [0.1, 0.15) is 5.75 Å². The number of aromatic nitrogens is 2. The first kappa shape index (κ1) is 17.7. The predicted molar refractivity (Wildman–Crippen MR) is 103 cm³/mol. The van der Waals surface area contributed by atoms with Gasteiger partial charge in [-0.25, -0.2) is 0 Å². The number of carbonyl (C=O) groups excluding carboxylic acids is 1. The summed E-state index contributed by atoms with van der Waals surface area (Å²) in [6.07, 6.45) is 8.06. The van der Waals surface area contributed by atoms with Gasteiger partial charge in [0.2, 0.25) is 17.6 Å². The lowest BCUT2D eigenvalue weighted by Crippen LogP contribution is -2.41. The SMILES string of the molecule is O=C(NC1CCCC1)[C@H]1[C@H]2CC[C@H](C2)[C@@H]1c1nc(COc2ccccc2)no1. The van der Waals surface area contributed by atoms with E-state index in [1.807, 2.05) is 30.3 Å². The molecule has 3 aliphatic carbocycles. The Kier molecular flexibility index (Phi) is 4.79. The number of fused-ring (bicyclic) bond motifs is 2. The van der Waals surface area contributed by atoms with Crippen LogP contribution in [-0.4, -0.2) is 22.1 Å². The van der Waals surface area contributed by atoms with Crippen LogP contribution in [0.5, 0.6) is 5.75 Å². The zero-order valence-electron chi connectivity index (χ0n) is 16.0. The minimum Gasteiger partial charge on any atom is -0.485 e. The molecule has 3 saturated carbocycles. The van der Waals surface area contributed by atoms with E-state index in [0.29, 0.717) is 29.6 Å². The predicted octanol–water partition coefficient (Wildman–Crippen LogP) is 3.84. The summed E-state index contributed by atoms with van der Waals surface area (Å²) in [6.45, 7) is 0.271. The maximum Gasteiger partial charge on any atom is 0.230 e. The average Bonchev–Trinajstić information content (AvgIpc) is 3.51. The summed E-state index contributed by atoms with van der Waals surface area (Å²) in [5.41, 5.74) is 0. The summed E-state index contributed by atoms with van der Waals surface area (Å²) in [4.78, 5) is 17.7. The summed E-state index contributed by atoms with van der Waals surface area (Å²) in [5.74, 6) is 3.09. The Morgan fingerprint density at radius 1 is 1.11 bits per heavy atom. The van der Waals surface area contributed by atoms with Gasteiger partial charge in [-0.3, -0.25) is 4.79 Å². The molecule has 2 bridgehead atoms. The highest BCUT2D eigenvalue weighted by molar-refractivity contribution is 5.81. The molecule has 3 fully saturated rings. The third-order valence-corrected chi connectivity index (χ3v) is 6.80. The van der Waals surface area contributed by atoms with Gasteiger partial charge in [0, 0.05) is 6.04 Å². The van der Waals surface area contributed by atoms with Gasteiger partial charge in [0.05, 0.1) is 11.8 Å². The normalized spacial score (nSPS) is 29.3. The third kappa shape index (κ3) is 3.40. The minimum atomic E-state index is -0.0253. The topological polar surface area (TPSA) is 77.2 Å². The van der Waals surface area contributed by atoms with E-state index in [1.54, 1.807) is 0 Å². The largest absolute Gasteiger partial charge is 0.485 e. The van der Waals surface area contributed by atoms with Crippen LogP contribution in [0.15, 0.2) is 34.9 Å². The van der Waals surface area contributed by atoms with Crippen LogP contribution in [0, 0.1) is 17.8 Å². The molecule has 0 saturated heterocycles. The maximum absolute atomic E-state index is 13.1. The number of hydrogen-bond donors (Lipinski definition) is 1. The molecule has 6 nitrogen and oxygen atoms in total. The monoisotopic (exact) mass is 381 g/mol. The molecule has 4 atom stereocenters. The molecule has 1 heterocycles. The Labute approximate surface area is 165 Å². The van der Waals surface area contributed by atoms with Crippen molar-refractivity contribution in [2.75, 3.05) is 0 Å². The Morgan fingerprint density at radius 2 is 1.89 bits per heavy atom. The number of benzene rings is 1. The van der Waals surface area contributed by atoms with Crippen LogP contribution in [-0.2, 0) is 11.4 Å². The Hall–Kier alpha value is -2.37. The molecular weight excluding hydrogens is 354 g/mol. The van der Waals surface area contributed by atoms with Gasteiger partial charge in [0.15, 0.2) is 6.61 Å². The standard InChI is InChI=1S/C22H27N3O3/c26-21(23-16-6-4-5-7-16)19-14-10-11-15(12-14)20(19)22-24-18(25-28-22)13-27-17-8-2-1-3-9-17/h1-3,8-9,14-16,19-20H,4-7,10-13H2,(H,23,26)/t14-,15+,19-,20-/m0/s1. The van der Waals surface area contributed by atoms with Gasteiger partial charge >= 0.3 is 0 Å². The van der Waals surface area contributed by atoms with Crippen molar-refractivity contribution in [2.45, 2.75) is 63.5 Å². The molecule has 0 aliphatic heterocycles. The van der Waals surface area contributed by atoms with Crippen molar-refractivity contribution in [3.8, 4) is 5.75 Å². The number of rotatable bonds is 6. The molecule has 148 valence electrons. The molecule has 0 unspecified atom stereocenters. The van der Waals surface area contributed by atoms with Gasteiger partial charge in [-0.2, -0.15) is 4.98 Å². The fourth-order valence-corrected chi connectivity index (χ4v) is 5.52. The number of amides is 1. The Morgan fingerprint density at radius 3 is 2.71 bits per heavy atom. The molecule has 2 aromatic rings. The number of hydrogen-bond acceptors (Lipinski definition) is 5. The second-order valence-electron chi connectivity index (χ2n) is 8.53. The van der Waals surface area contributed by atoms with E-state index in [4.69, 9.17) is 9.26 Å². The summed E-state index contributed by atoms with van der Waals surface area (Å²) >= 11 is 0. The van der Waals surface area contributed by atoms with Crippen molar-refractivity contribution in [3.63, 3.8) is 0 Å². The van der Waals surface area contributed by atoms with E-state index in [2.05, 4.69) is 15.5 Å². The van der Waals surface area contributed by atoms with Crippen molar-refractivity contribution in [1.82, 2.24) is 15.5 Å². The van der Waals surface area contributed by atoms with Crippen LogP contribution in [0.1, 0.15) is 62.6 Å². The van der Waals surface area contributed by atoms with E-state index >= 15 is 0 Å². The van der Waals surface area contributed by atoms with Gasteiger partial charge in [-0.05, 0) is 56.1 Å². The number of nitrogens with one attached hydrogen (secondary N) is 1. The minimum absolute atomic E-state index is 0.0253. The quantitative estimate of drug-likeness (QED) is 0.823. The van der Waals surface area contributed by atoms with Crippen molar-refractivity contribution in [1.29, 1.82) is 0 Å². The molecule has 0 radical (unpaired) electrons. The fourth-order valence-electron chi connectivity index (χ4n) is 5.52. The van der Waals surface area contributed by atoms with Crippen LogP contribution < -0.4 is 10.1 Å². The number of para-hydroxylation sites is 1. The van der Waals surface area contributed by atoms with Crippen molar-refractivity contribution >= 4 is 5.91 Å². The molecule has 0 spiro atoms. The van der Waals surface area contributed by atoms with Crippen LogP contribution in [0.2, 0.25) is 0 Å². The lowest BCUT2D eigenvalue weighted by Gasteiger charge is -2.28. The summed E-state index contributed by atoms with van der Waals surface area (Å²) in [5, 5.41) is 7.42. The van der Waals surface area contributed by atoms with Crippen molar-refractivity contribution in [2.24, 2.45) is 17.8 Å². The fraction of sp³-hybridized carbons (Fsp3) is 0.591.